The Labute approximate surface area is 230 Å². The van der Waals surface area contributed by atoms with Crippen LogP contribution >= 0.6 is 0 Å². The summed E-state index contributed by atoms with van der Waals surface area (Å²) in [7, 11) is 0. The SMILES string of the molecule is O=C(OCc1ncc(COCc2ccccc2)c(COCc2ccccc2)c1OCc1ccccc1)C(F)(F)F. The molecule has 0 atom stereocenters. The fourth-order valence-electron chi connectivity index (χ4n) is 3.81. The third-order valence-electron chi connectivity index (χ3n) is 5.82. The Bertz CT molecular complexity index is 1350. The predicted octanol–water partition coefficient (Wildman–Crippen LogP) is 6.70. The highest BCUT2D eigenvalue weighted by Gasteiger charge is 2.41. The summed E-state index contributed by atoms with van der Waals surface area (Å²) in [5, 5.41) is 0. The maximum absolute atomic E-state index is 12.8. The third-order valence-corrected chi connectivity index (χ3v) is 5.82. The van der Waals surface area contributed by atoms with Crippen LogP contribution < -0.4 is 4.74 Å². The minimum atomic E-state index is -5.13. The van der Waals surface area contributed by atoms with Gasteiger partial charge in [0.15, 0.2) is 5.75 Å². The van der Waals surface area contributed by atoms with Crippen LogP contribution in [0.1, 0.15) is 33.5 Å². The zero-order valence-corrected chi connectivity index (χ0v) is 21.6. The van der Waals surface area contributed by atoms with Crippen LogP contribution in [-0.4, -0.2) is 17.1 Å². The Kier molecular flexibility index (Phi) is 10.3. The molecule has 3 aromatic carbocycles. The number of esters is 1. The van der Waals surface area contributed by atoms with E-state index in [0.717, 1.165) is 16.7 Å². The van der Waals surface area contributed by atoms with Gasteiger partial charge in [-0.25, -0.2) is 4.79 Å². The number of hydrogen-bond acceptors (Lipinski definition) is 6. The zero-order chi connectivity index (χ0) is 28.2. The van der Waals surface area contributed by atoms with Gasteiger partial charge in [-0.15, -0.1) is 0 Å². The van der Waals surface area contributed by atoms with E-state index in [-0.39, 0.29) is 31.3 Å². The number of halogens is 3. The molecule has 0 bridgehead atoms. The van der Waals surface area contributed by atoms with E-state index < -0.39 is 18.8 Å². The molecule has 0 aliphatic heterocycles. The van der Waals surface area contributed by atoms with Crippen LogP contribution in [0.3, 0.4) is 0 Å². The number of benzene rings is 3. The Morgan fingerprint density at radius 1 is 0.650 bits per heavy atom. The van der Waals surface area contributed by atoms with Crippen LogP contribution in [0.15, 0.2) is 97.2 Å². The predicted molar refractivity (Wildman–Crippen MR) is 141 cm³/mol. The lowest BCUT2D eigenvalue weighted by Crippen LogP contribution is -2.25. The molecule has 0 radical (unpaired) electrons. The highest BCUT2D eigenvalue weighted by Crippen LogP contribution is 2.30. The lowest BCUT2D eigenvalue weighted by Gasteiger charge is -2.19. The maximum Gasteiger partial charge on any atom is 0.490 e. The molecule has 9 heteroatoms. The normalized spacial score (nSPS) is 11.3. The first-order valence-corrected chi connectivity index (χ1v) is 12.5. The average molecular weight is 552 g/mol. The summed E-state index contributed by atoms with van der Waals surface area (Å²) in [4.78, 5) is 15.7. The van der Waals surface area contributed by atoms with E-state index in [1.165, 1.54) is 6.20 Å². The van der Waals surface area contributed by atoms with Gasteiger partial charge in [-0.2, -0.15) is 13.2 Å². The topological polar surface area (TPSA) is 66.9 Å². The monoisotopic (exact) mass is 551 g/mol. The first kappa shape index (κ1) is 28.8. The van der Waals surface area contributed by atoms with Crippen LogP contribution in [0.2, 0.25) is 0 Å². The van der Waals surface area contributed by atoms with Crippen molar-refractivity contribution in [3.63, 3.8) is 0 Å². The van der Waals surface area contributed by atoms with Crippen molar-refractivity contribution < 1.29 is 36.9 Å². The Morgan fingerprint density at radius 3 is 1.68 bits per heavy atom. The van der Waals surface area contributed by atoms with Gasteiger partial charge >= 0.3 is 12.1 Å². The smallest absolute Gasteiger partial charge is 0.486 e. The number of alkyl halides is 3. The van der Waals surface area contributed by atoms with E-state index >= 15 is 0 Å². The lowest BCUT2D eigenvalue weighted by atomic mass is 10.1. The van der Waals surface area contributed by atoms with Crippen molar-refractivity contribution in [2.24, 2.45) is 0 Å². The first-order valence-electron chi connectivity index (χ1n) is 12.5. The highest BCUT2D eigenvalue weighted by molar-refractivity contribution is 5.75. The summed E-state index contributed by atoms with van der Waals surface area (Å²) in [5.41, 5.74) is 3.99. The van der Waals surface area contributed by atoms with Gasteiger partial charge in [0.1, 0.15) is 18.9 Å². The molecule has 4 rings (SSSR count). The van der Waals surface area contributed by atoms with Crippen molar-refractivity contribution in [2.45, 2.75) is 45.8 Å². The van der Waals surface area contributed by atoms with Gasteiger partial charge < -0.3 is 18.9 Å². The van der Waals surface area contributed by atoms with Gasteiger partial charge in [-0.1, -0.05) is 91.0 Å². The van der Waals surface area contributed by atoms with E-state index in [2.05, 4.69) is 9.72 Å². The number of carbonyl (C=O) groups is 1. The molecule has 0 spiro atoms. The number of ether oxygens (including phenoxy) is 4. The fourth-order valence-corrected chi connectivity index (χ4v) is 3.81. The second-order valence-electron chi connectivity index (χ2n) is 8.84. The van der Waals surface area contributed by atoms with Gasteiger partial charge in [0.25, 0.3) is 0 Å². The molecule has 0 aliphatic carbocycles. The minimum absolute atomic E-state index is 0.0404. The standard InChI is InChI=1S/C31H28F3NO5/c32-31(33,34)30(36)40-22-28-29(39-19-25-14-8-3-9-15-25)27(21-38-18-24-12-6-2-7-13-24)26(16-35-28)20-37-17-23-10-4-1-5-11-23/h1-16H,17-22H2. The quantitative estimate of drug-likeness (QED) is 0.172. The summed E-state index contributed by atoms with van der Waals surface area (Å²) in [6.07, 6.45) is -3.64. The lowest BCUT2D eigenvalue weighted by molar-refractivity contribution is -0.201. The minimum Gasteiger partial charge on any atom is -0.486 e. The van der Waals surface area contributed by atoms with Crippen molar-refractivity contribution in [2.75, 3.05) is 0 Å². The molecule has 0 saturated heterocycles. The van der Waals surface area contributed by atoms with Gasteiger partial charge in [0.2, 0.25) is 0 Å². The van der Waals surface area contributed by atoms with Crippen molar-refractivity contribution in [1.82, 2.24) is 4.98 Å². The molecule has 0 saturated carbocycles. The Hall–Kier alpha value is -4.21. The van der Waals surface area contributed by atoms with Gasteiger partial charge in [-0.05, 0) is 16.7 Å². The van der Waals surface area contributed by atoms with Crippen LogP contribution in [0.25, 0.3) is 0 Å². The van der Waals surface area contributed by atoms with E-state index in [0.29, 0.717) is 24.3 Å². The van der Waals surface area contributed by atoms with Crippen LogP contribution in [0, 0.1) is 0 Å². The molecule has 1 heterocycles. The number of pyridine rings is 1. The number of carbonyl (C=O) groups excluding carboxylic acids is 1. The van der Waals surface area contributed by atoms with Crippen molar-refractivity contribution in [3.8, 4) is 5.75 Å². The molecule has 40 heavy (non-hydrogen) atoms. The molecule has 0 unspecified atom stereocenters. The maximum atomic E-state index is 12.8. The number of nitrogens with zero attached hydrogens (tertiary/aromatic N) is 1. The number of rotatable bonds is 13. The molecular formula is C31H28F3NO5. The van der Waals surface area contributed by atoms with E-state index in [1.807, 2.05) is 91.0 Å². The molecule has 0 N–H and O–H groups in total. The second kappa shape index (κ2) is 14.3. The molecule has 4 aromatic rings. The van der Waals surface area contributed by atoms with Crippen molar-refractivity contribution in [1.29, 1.82) is 0 Å². The summed E-state index contributed by atoms with van der Waals surface area (Å²) < 4.78 is 61.0. The van der Waals surface area contributed by atoms with Crippen LogP contribution in [0.4, 0.5) is 13.2 Å². The van der Waals surface area contributed by atoms with E-state index in [9.17, 15) is 18.0 Å². The van der Waals surface area contributed by atoms with Gasteiger partial charge in [0, 0.05) is 17.3 Å². The fraction of sp³-hybridized carbons (Fsp3) is 0.226. The van der Waals surface area contributed by atoms with Crippen molar-refractivity contribution >= 4 is 5.97 Å². The number of hydrogen-bond donors (Lipinski definition) is 0. The second-order valence-corrected chi connectivity index (χ2v) is 8.84. The number of aromatic nitrogens is 1. The molecule has 0 fully saturated rings. The van der Waals surface area contributed by atoms with Crippen molar-refractivity contribution in [3.05, 3.63) is 131 Å². The molecule has 6 nitrogen and oxygen atoms in total. The van der Waals surface area contributed by atoms with E-state index in [1.54, 1.807) is 0 Å². The highest BCUT2D eigenvalue weighted by atomic mass is 19.4. The van der Waals surface area contributed by atoms with Crippen LogP contribution in [-0.2, 0) is 58.6 Å². The summed E-state index contributed by atoms with van der Waals surface area (Å²) in [5.74, 6) is -2.12. The molecular weight excluding hydrogens is 523 g/mol. The average Bonchev–Trinajstić information content (AvgIpc) is 2.97. The largest absolute Gasteiger partial charge is 0.490 e. The van der Waals surface area contributed by atoms with Gasteiger partial charge in [0.05, 0.1) is 26.4 Å². The third kappa shape index (κ3) is 8.65. The molecule has 1 aromatic heterocycles. The summed E-state index contributed by atoms with van der Waals surface area (Å²) in [6.45, 7) is 0.240. The Balaban J connectivity index is 1.61. The molecule has 0 amide bonds. The van der Waals surface area contributed by atoms with Gasteiger partial charge in [-0.3, -0.25) is 4.98 Å². The first-order chi connectivity index (χ1) is 19.4. The summed E-state index contributed by atoms with van der Waals surface area (Å²) >= 11 is 0. The Morgan fingerprint density at radius 2 is 1.15 bits per heavy atom. The van der Waals surface area contributed by atoms with E-state index in [4.69, 9.17) is 14.2 Å². The summed E-state index contributed by atoms with van der Waals surface area (Å²) in [6, 6.07) is 28.4. The zero-order valence-electron chi connectivity index (χ0n) is 21.6. The van der Waals surface area contributed by atoms with Crippen LogP contribution in [0.5, 0.6) is 5.75 Å². The molecule has 208 valence electrons. The molecule has 0 aliphatic rings.